The van der Waals surface area contributed by atoms with Gasteiger partial charge in [0.1, 0.15) is 6.29 Å². The van der Waals surface area contributed by atoms with Crippen LogP contribution in [-0.2, 0) is 20.9 Å². The Morgan fingerprint density at radius 3 is 2.43 bits per heavy atom. The highest BCUT2D eigenvalue weighted by molar-refractivity contribution is 6.16. The van der Waals surface area contributed by atoms with E-state index in [-0.39, 0.29) is 18.2 Å². The molecule has 3 rings (SSSR count). The minimum Gasteiger partial charge on any atom is -0.388 e. The second kappa shape index (κ2) is 8.80. The van der Waals surface area contributed by atoms with Crippen molar-refractivity contribution in [3.05, 3.63) is 59.7 Å². The summed E-state index contributed by atoms with van der Waals surface area (Å²) in [5.74, 6) is -0.477. The Hall–Kier alpha value is -2.99. The molecule has 146 valence electrons. The molecule has 2 aromatic carbocycles. The van der Waals surface area contributed by atoms with E-state index in [1.807, 2.05) is 42.3 Å². The van der Waals surface area contributed by atoms with Crippen LogP contribution < -0.4 is 9.80 Å². The molecule has 6 nitrogen and oxygen atoms in total. The molecular weight excluding hydrogens is 356 g/mol. The van der Waals surface area contributed by atoms with Gasteiger partial charge >= 0.3 is 0 Å². The summed E-state index contributed by atoms with van der Waals surface area (Å²) in [7, 11) is 1.90. The van der Waals surface area contributed by atoms with Crippen LogP contribution in [0.1, 0.15) is 42.9 Å². The zero-order valence-corrected chi connectivity index (χ0v) is 15.9. The number of amides is 2. The van der Waals surface area contributed by atoms with Gasteiger partial charge in [0.15, 0.2) is 0 Å². The lowest BCUT2D eigenvalue weighted by Crippen LogP contribution is -2.40. The summed E-state index contributed by atoms with van der Waals surface area (Å²) < 4.78 is 0. The molecule has 0 unspecified atom stereocenters. The predicted molar refractivity (Wildman–Crippen MR) is 107 cm³/mol. The first-order valence-corrected chi connectivity index (χ1v) is 9.37. The van der Waals surface area contributed by atoms with E-state index in [0.29, 0.717) is 43.3 Å². The highest BCUT2D eigenvalue weighted by atomic mass is 16.3. The third-order valence-corrected chi connectivity index (χ3v) is 4.90. The Balaban J connectivity index is 1.96. The van der Waals surface area contributed by atoms with Crippen molar-refractivity contribution in [2.45, 2.75) is 38.3 Å². The zero-order chi connectivity index (χ0) is 20.1. The average molecular weight is 380 g/mol. The van der Waals surface area contributed by atoms with Gasteiger partial charge in [0.2, 0.25) is 11.8 Å². The lowest BCUT2D eigenvalue weighted by atomic mass is 10.0. The zero-order valence-electron chi connectivity index (χ0n) is 15.9. The second-order valence-electron chi connectivity index (χ2n) is 6.98. The maximum atomic E-state index is 12.2. The van der Waals surface area contributed by atoms with Gasteiger partial charge in [0, 0.05) is 44.1 Å². The van der Waals surface area contributed by atoms with Crippen molar-refractivity contribution in [2.24, 2.45) is 0 Å². The highest BCUT2D eigenvalue weighted by Gasteiger charge is 2.28. The number of rotatable bonds is 7. The Morgan fingerprint density at radius 1 is 1.11 bits per heavy atom. The number of nitrogens with zero attached hydrogens (tertiary/aromatic N) is 2. The SMILES string of the molecule is CN(Cc1ccccc1)c1ccc(N2C(=O)CCCC2=O)cc1[C@H](O)CC=O. The van der Waals surface area contributed by atoms with Crippen molar-refractivity contribution in [3.63, 3.8) is 0 Å². The molecule has 1 aliphatic rings. The largest absolute Gasteiger partial charge is 0.388 e. The summed E-state index contributed by atoms with van der Waals surface area (Å²) in [6.07, 6.45) is 0.807. The number of aliphatic hydroxyl groups is 1. The van der Waals surface area contributed by atoms with Crippen LogP contribution in [0.2, 0.25) is 0 Å². The minimum absolute atomic E-state index is 0.0580. The second-order valence-corrected chi connectivity index (χ2v) is 6.98. The van der Waals surface area contributed by atoms with E-state index in [1.54, 1.807) is 18.2 Å². The van der Waals surface area contributed by atoms with Crippen LogP contribution >= 0.6 is 0 Å². The molecule has 1 heterocycles. The summed E-state index contributed by atoms with van der Waals surface area (Å²) in [5.41, 5.74) is 2.81. The van der Waals surface area contributed by atoms with Crippen LogP contribution in [0.5, 0.6) is 0 Å². The number of piperidine rings is 1. The first-order chi connectivity index (χ1) is 13.5. The fourth-order valence-corrected chi connectivity index (χ4v) is 3.50. The van der Waals surface area contributed by atoms with Gasteiger partial charge in [-0.05, 0) is 30.2 Å². The molecular formula is C22H24N2O4. The van der Waals surface area contributed by atoms with Crippen molar-refractivity contribution in [1.29, 1.82) is 0 Å². The predicted octanol–water partition coefficient (Wildman–Crippen LogP) is 2.99. The van der Waals surface area contributed by atoms with Gasteiger partial charge < -0.3 is 14.8 Å². The lowest BCUT2D eigenvalue weighted by molar-refractivity contribution is -0.129. The topological polar surface area (TPSA) is 77.9 Å². The number of hydrogen-bond donors (Lipinski definition) is 1. The molecule has 0 saturated carbocycles. The number of imide groups is 1. The summed E-state index contributed by atoms with van der Waals surface area (Å²) in [5, 5.41) is 10.5. The molecule has 2 aromatic rings. The molecule has 0 aromatic heterocycles. The van der Waals surface area contributed by atoms with Crippen LogP contribution in [0.15, 0.2) is 48.5 Å². The normalized spacial score (nSPS) is 15.4. The summed E-state index contributed by atoms with van der Waals surface area (Å²) in [6.45, 7) is 0.614. The van der Waals surface area contributed by atoms with E-state index < -0.39 is 6.10 Å². The van der Waals surface area contributed by atoms with E-state index >= 15 is 0 Å². The first kappa shape index (κ1) is 19.8. The number of carbonyl (C=O) groups excluding carboxylic acids is 3. The van der Waals surface area contributed by atoms with Gasteiger partial charge in [-0.1, -0.05) is 30.3 Å². The molecule has 0 spiro atoms. The van der Waals surface area contributed by atoms with Crippen molar-refractivity contribution in [3.8, 4) is 0 Å². The molecule has 1 aliphatic heterocycles. The molecule has 1 saturated heterocycles. The molecule has 0 aliphatic carbocycles. The molecule has 1 fully saturated rings. The van der Waals surface area contributed by atoms with Gasteiger partial charge in [0.05, 0.1) is 11.8 Å². The molecule has 2 amide bonds. The number of benzene rings is 2. The van der Waals surface area contributed by atoms with Crippen LogP contribution in [-0.4, -0.2) is 30.3 Å². The number of aliphatic hydroxyl groups excluding tert-OH is 1. The highest BCUT2D eigenvalue weighted by Crippen LogP contribution is 2.33. The fourth-order valence-electron chi connectivity index (χ4n) is 3.50. The molecule has 1 N–H and O–H groups in total. The third-order valence-electron chi connectivity index (χ3n) is 4.90. The minimum atomic E-state index is -1.01. The van der Waals surface area contributed by atoms with Crippen LogP contribution in [0.3, 0.4) is 0 Å². The number of hydrogen-bond acceptors (Lipinski definition) is 5. The Bertz CT molecular complexity index is 850. The standard InChI is InChI=1S/C22H24N2O4/c1-23(15-16-6-3-2-4-7-16)19-11-10-17(14-18(19)20(26)12-13-25)24-21(27)8-5-9-22(24)28/h2-4,6-7,10-11,13-14,20,26H,5,8-9,12,15H2,1H3/t20-/m1/s1. The van der Waals surface area contributed by atoms with Crippen molar-refractivity contribution in [1.82, 2.24) is 0 Å². The smallest absolute Gasteiger partial charge is 0.233 e. The Kier molecular flexibility index (Phi) is 6.21. The van der Waals surface area contributed by atoms with Crippen LogP contribution in [0.4, 0.5) is 11.4 Å². The first-order valence-electron chi connectivity index (χ1n) is 9.37. The van der Waals surface area contributed by atoms with Gasteiger partial charge in [0.25, 0.3) is 0 Å². The molecule has 1 atom stereocenters. The number of aldehydes is 1. The monoisotopic (exact) mass is 380 g/mol. The number of carbonyl (C=O) groups is 3. The third kappa shape index (κ3) is 4.28. The van der Waals surface area contributed by atoms with Crippen molar-refractivity contribution >= 4 is 29.5 Å². The van der Waals surface area contributed by atoms with E-state index in [0.717, 1.165) is 11.3 Å². The maximum absolute atomic E-state index is 12.2. The fraction of sp³-hybridized carbons (Fsp3) is 0.318. The Labute approximate surface area is 164 Å². The van der Waals surface area contributed by atoms with Crippen molar-refractivity contribution < 1.29 is 19.5 Å². The number of anilines is 2. The van der Waals surface area contributed by atoms with Crippen LogP contribution in [0.25, 0.3) is 0 Å². The summed E-state index contributed by atoms with van der Waals surface area (Å²) in [6, 6.07) is 15.0. The van der Waals surface area contributed by atoms with Gasteiger partial charge in [-0.3, -0.25) is 14.5 Å². The summed E-state index contributed by atoms with van der Waals surface area (Å²) >= 11 is 0. The van der Waals surface area contributed by atoms with Crippen LogP contribution in [0, 0.1) is 0 Å². The quantitative estimate of drug-likeness (QED) is 0.590. The lowest BCUT2D eigenvalue weighted by Gasteiger charge is -2.29. The Morgan fingerprint density at radius 2 is 1.79 bits per heavy atom. The molecule has 6 heteroatoms. The molecule has 0 radical (unpaired) electrons. The van der Waals surface area contributed by atoms with Gasteiger partial charge in [-0.2, -0.15) is 0 Å². The maximum Gasteiger partial charge on any atom is 0.233 e. The van der Waals surface area contributed by atoms with E-state index in [2.05, 4.69) is 0 Å². The van der Waals surface area contributed by atoms with E-state index in [4.69, 9.17) is 0 Å². The van der Waals surface area contributed by atoms with E-state index in [1.165, 1.54) is 4.90 Å². The average Bonchev–Trinajstić information content (AvgIpc) is 2.68. The van der Waals surface area contributed by atoms with Crippen molar-refractivity contribution in [2.75, 3.05) is 16.8 Å². The van der Waals surface area contributed by atoms with Gasteiger partial charge in [-0.25, -0.2) is 0 Å². The van der Waals surface area contributed by atoms with E-state index in [9.17, 15) is 19.5 Å². The molecule has 28 heavy (non-hydrogen) atoms. The molecule has 0 bridgehead atoms. The summed E-state index contributed by atoms with van der Waals surface area (Å²) in [4.78, 5) is 38.6. The van der Waals surface area contributed by atoms with Gasteiger partial charge in [-0.15, -0.1) is 0 Å².